The van der Waals surface area contributed by atoms with Crippen molar-refractivity contribution in [3.63, 3.8) is 0 Å². The quantitative estimate of drug-likeness (QED) is 0.436. The lowest BCUT2D eigenvalue weighted by Crippen LogP contribution is -2.44. The molecule has 1 heterocycles. The standard InChI is InChI=1S/C19H19BrO5/c1-19(2,16(21)9-6-4-3-5-7-9)25-18(23)12-10-8-11-13(12)17(22)24-15(11)14(10)20/h3-7,10-15H,8H2,1-2H3/t10-,11-,12-,13-,14+,15+/m1/s1. The van der Waals surface area contributed by atoms with Crippen molar-refractivity contribution in [2.45, 2.75) is 36.8 Å². The van der Waals surface area contributed by atoms with Crippen molar-refractivity contribution < 1.29 is 23.9 Å². The number of carbonyl (C=O) groups is 3. The topological polar surface area (TPSA) is 69.7 Å². The zero-order valence-electron chi connectivity index (χ0n) is 14.0. The number of hydrogen-bond acceptors (Lipinski definition) is 5. The van der Waals surface area contributed by atoms with E-state index in [1.807, 2.05) is 6.07 Å². The number of carbonyl (C=O) groups excluding carboxylic acids is 3. The molecule has 3 aliphatic rings. The van der Waals surface area contributed by atoms with Crippen LogP contribution in [0.25, 0.3) is 0 Å². The van der Waals surface area contributed by atoms with Crippen molar-refractivity contribution in [1.82, 2.24) is 0 Å². The fourth-order valence-corrected chi connectivity index (χ4v) is 5.64. The van der Waals surface area contributed by atoms with E-state index < -0.39 is 23.4 Å². The van der Waals surface area contributed by atoms with Gasteiger partial charge in [-0.3, -0.25) is 14.4 Å². The molecule has 1 saturated heterocycles. The molecule has 1 aliphatic heterocycles. The highest BCUT2D eigenvalue weighted by Gasteiger charge is 2.68. The van der Waals surface area contributed by atoms with Crippen LogP contribution in [0, 0.1) is 23.7 Å². The number of rotatable bonds is 4. The van der Waals surface area contributed by atoms with E-state index in [9.17, 15) is 14.4 Å². The summed E-state index contributed by atoms with van der Waals surface area (Å²) in [4.78, 5) is 37.7. The summed E-state index contributed by atoms with van der Waals surface area (Å²) in [5.41, 5.74) is -0.795. The lowest BCUT2D eigenvalue weighted by atomic mass is 9.80. The zero-order chi connectivity index (χ0) is 17.9. The van der Waals surface area contributed by atoms with Crippen LogP contribution in [0.2, 0.25) is 0 Å². The van der Waals surface area contributed by atoms with E-state index in [-0.39, 0.29) is 34.5 Å². The van der Waals surface area contributed by atoms with Crippen LogP contribution in [-0.2, 0) is 19.1 Å². The predicted octanol–water partition coefficient (Wildman–Crippen LogP) is 2.76. The van der Waals surface area contributed by atoms with Gasteiger partial charge in [-0.2, -0.15) is 0 Å². The first-order valence-corrected chi connectivity index (χ1v) is 9.40. The van der Waals surface area contributed by atoms with Crippen molar-refractivity contribution >= 4 is 33.7 Å². The molecule has 0 aromatic heterocycles. The molecule has 5 nitrogen and oxygen atoms in total. The molecule has 0 spiro atoms. The molecule has 2 saturated carbocycles. The van der Waals surface area contributed by atoms with Gasteiger partial charge in [-0.05, 0) is 26.2 Å². The molecule has 4 rings (SSSR count). The number of halogens is 1. The van der Waals surface area contributed by atoms with E-state index in [1.54, 1.807) is 38.1 Å². The van der Waals surface area contributed by atoms with E-state index in [0.717, 1.165) is 6.42 Å². The Kier molecular flexibility index (Phi) is 3.79. The van der Waals surface area contributed by atoms with E-state index in [2.05, 4.69) is 15.9 Å². The Balaban J connectivity index is 1.54. The molecule has 1 aromatic carbocycles. The van der Waals surface area contributed by atoms with E-state index in [1.165, 1.54) is 0 Å². The third-order valence-electron chi connectivity index (χ3n) is 5.73. The summed E-state index contributed by atoms with van der Waals surface area (Å²) < 4.78 is 11.0. The van der Waals surface area contributed by atoms with Gasteiger partial charge < -0.3 is 9.47 Å². The Hall–Kier alpha value is -1.69. The maximum Gasteiger partial charge on any atom is 0.311 e. The molecule has 2 bridgehead atoms. The lowest BCUT2D eigenvalue weighted by molar-refractivity contribution is -0.163. The van der Waals surface area contributed by atoms with Crippen molar-refractivity contribution in [1.29, 1.82) is 0 Å². The normalized spacial score (nSPS) is 35.6. The molecule has 0 N–H and O–H groups in total. The molecule has 25 heavy (non-hydrogen) atoms. The molecule has 132 valence electrons. The van der Waals surface area contributed by atoms with Crippen LogP contribution in [0.4, 0.5) is 0 Å². The maximum atomic E-state index is 12.9. The van der Waals surface area contributed by atoms with Crippen LogP contribution in [0.15, 0.2) is 30.3 Å². The van der Waals surface area contributed by atoms with E-state index in [0.29, 0.717) is 5.56 Å². The molecule has 6 heteroatoms. The summed E-state index contributed by atoms with van der Waals surface area (Å²) in [5, 5.41) is 0. The SMILES string of the molecule is CC(C)(OC(=O)[C@@H]1[C@H]2C[C@H]3[C@H](OC(=O)[C@H]31)[C@H]2Br)C(=O)c1ccccc1. The Labute approximate surface area is 154 Å². The molecule has 0 unspecified atom stereocenters. The number of esters is 2. The van der Waals surface area contributed by atoms with Crippen LogP contribution < -0.4 is 0 Å². The number of alkyl halides is 1. The summed E-state index contributed by atoms with van der Waals surface area (Å²) in [5.74, 6) is -1.93. The van der Waals surface area contributed by atoms with Crippen LogP contribution in [0.1, 0.15) is 30.6 Å². The predicted molar refractivity (Wildman–Crippen MR) is 92.1 cm³/mol. The average molecular weight is 407 g/mol. The van der Waals surface area contributed by atoms with Crippen molar-refractivity contribution in [3.8, 4) is 0 Å². The lowest BCUT2D eigenvalue weighted by Gasteiger charge is -2.31. The van der Waals surface area contributed by atoms with Crippen LogP contribution in [0.3, 0.4) is 0 Å². The van der Waals surface area contributed by atoms with Gasteiger partial charge in [0.25, 0.3) is 0 Å². The number of hydrogen-bond donors (Lipinski definition) is 0. The third kappa shape index (κ3) is 2.45. The number of ketones is 1. The molecule has 2 aliphatic carbocycles. The summed E-state index contributed by atoms with van der Waals surface area (Å²) in [6.07, 6.45) is 0.648. The van der Waals surface area contributed by atoms with Gasteiger partial charge in [0.15, 0.2) is 5.60 Å². The van der Waals surface area contributed by atoms with Crippen molar-refractivity contribution in [2.24, 2.45) is 23.7 Å². The summed E-state index contributed by atoms with van der Waals surface area (Å²) >= 11 is 3.58. The molecule has 3 fully saturated rings. The Morgan fingerprint density at radius 1 is 1.20 bits per heavy atom. The molecular formula is C19H19BrO5. The van der Waals surface area contributed by atoms with Gasteiger partial charge in [-0.1, -0.05) is 46.3 Å². The minimum Gasteiger partial charge on any atom is -0.461 e. The molecule has 0 radical (unpaired) electrons. The molecular weight excluding hydrogens is 388 g/mol. The highest BCUT2D eigenvalue weighted by molar-refractivity contribution is 9.09. The largest absolute Gasteiger partial charge is 0.461 e. The first kappa shape index (κ1) is 16.8. The van der Waals surface area contributed by atoms with Crippen molar-refractivity contribution in [2.75, 3.05) is 0 Å². The minimum absolute atomic E-state index is 0.0153. The molecule has 1 aromatic rings. The van der Waals surface area contributed by atoms with Crippen molar-refractivity contribution in [3.05, 3.63) is 35.9 Å². The van der Waals surface area contributed by atoms with Gasteiger partial charge in [-0.15, -0.1) is 0 Å². The highest BCUT2D eigenvalue weighted by Crippen LogP contribution is 2.60. The monoisotopic (exact) mass is 406 g/mol. The molecule has 0 amide bonds. The molecule has 6 atom stereocenters. The second-order valence-corrected chi connectivity index (χ2v) is 8.64. The second-order valence-electron chi connectivity index (χ2n) is 7.59. The summed E-state index contributed by atoms with van der Waals surface area (Å²) in [6.45, 7) is 3.18. The van der Waals surface area contributed by atoms with Gasteiger partial charge in [0.2, 0.25) is 5.78 Å². The smallest absolute Gasteiger partial charge is 0.311 e. The maximum absolute atomic E-state index is 12.9. The summed E-state index contributed by atoms with van der Waals surface area (Å²) in [7, 11) is 0. The number of ether oxygens (including phenoxy) is 2. The van der Waals surface area contributed by atoms with E-state index >= 15 is 0 Å². The Bertz CT molecular complexity index is 743. The highest BCUT2D eigenvalue weighted by atomic mass is 79.9. The van der Waals surface area contributed by atoms with Gasteiger partial charge in [0, 0.05) is 11.5 Å². The van der Waals surface area contributed by atoms with E-state index in [4.69, 9.17) is 9.47 Å². The first-order chi connectivity index (χ1) is 11.8. The van der Waals surface area contributed by atoms with Crippen LogP contribution in [0.5, 0.6) is 0 Å². The third-order valence-corrected chi connectivity index (χ3v) is 6.93. The first-order valence-electron chi connectivity index (χ1n) is 8.48. The minimum atomic E-state index is -1.29. The van der Waals surface area contributed by atoms with Gasteiger partial charge >= 0.3 is 11.9 Å². The average Bonchev–Trinajstić information content (AvgIpc) is 3.18. The second kappa shape index (κ2) is 5.66. The van der Waals surface area contributed by atoms with Gasteiger partial charge in [0.1, 0.15) is 6.10 Å². The van der Waals surface area contributed by atoms with Crippen LogP contribution >= 0.6 is 15.9 Å². The fraction of sp³-hybridized carbons (Fsp3) is 0.526. The zero-order valence-corrected chi connectivity index (χ0v) is 15.6. The fourth-order valence-electron chi connectivity index (χ4n) is 4.60. The van der Waals surface area contributed by atoms with Gasteiger partial charge in [0.05, 0.1) is 16.7 Å². The van der Waals surface area contributed by atoms with Crippen LogP contribution in [-0.4, -0.2) is 34.3 Å². The number of fused-ring (bicyclic) bond motifs is 1. The number of benzene rings is 1. The Morgan fingerprint density at radius 3 is 2.56 bits per heavy atom. The Morgan fingerprint density at radius 2 is 1.88 bits per heavy atom. The summed E-state index contributed by atoms with van der Waals surface area (Å²) in [6, 6.07) is 8.76. The number of Topliss-reactive ketones (excluding diaryl/α,β-unsaturated/α-hetero) is 1. The van der Waals surface area contributed by atoms with Gasteiger partial charge in [-0.25, -0.2) is 0 Å².